The second-order valence-corrected chi connectivity index (χ2v) is 6.87. The Morgan fingerprint density at radius 2 is 2.17 bits per heavy atom. The molecule has 1 N–H and O–H groups in total. The maximum absolute atomic E-state index is 5.99. The molecule has 0 aromatic carbocycles. The molecule has 0 aromatic rings. The molecule has 1 aliphatic carbocycles. The van der Waals surface area contributed by atoms with E-state index in [-0.39, 0.29) is 5.41 Å². The van der Waals surface area contributed by atoms with Crippen molar-refractivity contribution >= 4 is 0 Å². The quantitative estimate of drug-likeness (QED) is 0.791. The number of rotatable bonds is 6. The van der Waals surface area contributed by atoms with Crippen LogP contribution < -0.4 is 5.32 Å². The van der Waals surface area contributed by atoms with Gasteiger partial charge in [-0.1, -0.05) is 27.7 Å². The van der Waals surface area contributed by atoms with Crippen LogP contribution in [0.5, 0.6) is 0 Å². The minimum absolute atomic E-state index is 0.257. The van der Waals surface area contributed by atoms with Gasteiger partial charge in [-0.2, -0.15) is 0 Å². The standard InChI is InChI=1S/C15H29NO2/c1-11(2)10-18-14-8-13(15(14,3)4)16-9-12-6-5-7-17-12/h11-14,16H,5-10H2,1-4H3. The molecule has 3 heteroatoms. The second-order valence-electron chi connectivity index (χ2n) is 6.87. The van der Waals surface area contributed by atoms with Crippen LogP contribution in [0.3, 0.4) is 0 Å². The lowest BCUT2D eigenvalue weighted by atomic mass is 9.64. The monoisotopic (exact) mass is 255 g/mol. The first-order valence-corrected chi connectivity index (χ1v) is 7.46. The topological polar surface area (TPSA) is 30.5 Å². The van der Waals surface area contributed by atoms with Gasteiger partial charge < -0.3 is 14.8 Å². The second kappa shape index (κ2) is 5.89. The van der Waals surface area contributed by atoms with Gasteiger partial charge in [0.05, 0.1) is 12.2 Å². The largest absolute Gasteiger partial charge is 0.377 e. The average Bonchev–Trinajstić information content (AvgIpc) is 2.79. The van der Waals surface area contributed by atoms with E-state index in [2.05, 4.69) is 33.0 Å². The third-order valence-corrected chi connectivity index (χ3v) is 4.42. The van der Waals surface area contributed by atoms with E-state index in [1.807, 2.05) is 0 Å². The number of ether oxygens (including phenoxy) is 2. The van der Waals surface area contributed by atoms with Crippen LogP contribution in [0.15, 0.2) is 0 Å². The molecule has 1 heterocycles. The molecule has 2 aliphatic rings. The van der Waals surface area contributed by atoms with Crippen LogP contribution >= 0.6 is 0 Å². The predicted molar refractivity (Wildman–Crippen MR) is 73.7 cm³/mol. The first-order chi connectivity index (χ1) is 8.50. The molecule has 0 aromatic heterocycles. The van der Waals surface area contributed by atoms with Gasteiger partial charge in [0, 0.05) is 31.2 Å². The van der Waals surface area contributed by atoms with Crippen LogP contribution in [-0.2, 0) is 9.47 Å². The van der Waals surface area contributed by atoms with Gasteiger partial charge in [0.25, 0.3) is 0 Å². The highest BCUT2D eigenvalue weighted by Crippen LogP contribution is 2.43. The summed E-state index contributed by atoms with van der Waals surface area (Å²) in [5, 5.41) is 3.66. The summed E-state index contributed by atoms with van der Waals surface area (Å²) in [5.41, 5.74) is 0.257. The van der Waals surface area contributed by atoms with Crippen molar-refractivity contribution in [3.05, 3.63) is 0 Å². The third kappa shape index (κ3) is 3.25. The van der Waals surface area contributed by atoms with E-state index in [0.717, 1.165) is 26.2 Å². The summed E-state index contributed by atoms with van der Waals surface area (Å²) in [5.74, 6) is 0.625. The fourth-order valence-corrected chi connectivity index (χ4v) is 2.90. The highest BCUT2D eigenvalue weighted by Gasteiger charge is 2.48. The molecule has 1 saturated carbocycles. The molecule has 2 fully saturated rings. The van der Waals surface area contributed by atoms with Gasteiger partial charge in [-0.05, 0) is 25.2 Å². The van der Waals surface area contributed by atoms with Gasteiger partial charge in [0.15, 0.2) is 0 Å². The van der Waals surface area contributed by atoms with Gasteiger partial charge in [0.1, 0.15) is 0 Å². The predicted octanol–water partition coefficient (Wildman–Crippen LogP) is 2.59. The molecular formula is C15H29NO2. The fourth-order valence-electron chi connectivity index (χ4n) is 2.90. The Morgan fingerprint density at radius 1 is 1.39 bits per heavy atom. The third-order valence-electron chi connectivity index (χ3n) is 4.42. The van der Waals surface area contributed by atoms with Crippen molar-refractivity contribution in [2.75, 3.05) is 19.8 Å². The maximum atomic E-state index is 5.99. The maximum Gasteiger partial charge on any atom is 0.0700 e. The van der Waals surface area contributed by atoms with Gasteiger partial charge >= 0.3 is 0 Å². The van der Waals surface area contributed by atoms with Crippen molar-refractivity contribution in [3.63, 3.8) is 0 Å². The number of hydrogen-bond donors (Lipinski definition) is 1. The van der Waals surface area contributed by atoms with Gasteiger partial charge in [-0.25, -0.2) is 0 Å². The van der Waals surface area contributed by atoms with Crippen molar-refractivity contribution in [1.29, 1.82) is 0 Å². The SMILES string of the molecule is CC(C)COC1CC(NCC2CCCO2)C1(C)C. The zero-order valence-corrected chi connectivity index (χ0v) is 12.4. The molecule has 106 valence electrons. The van der Waals surface area contributed by atoms with Crippen LogP contribution in [0, 0.1) is 11.3 Å². The van der Waals surface area contributed by atoms with Crippen molar-refractivity contribution in [3.8, 4) is 0 Å². The Hall–Kier alpha value is -0.120. The molecule has 0 spiro atoms. The lowest BCUT2D eigenvalue weighted by Gasteiger charge is -2.52. The van der Waals surface area contributed by atoms with Crippen LogP contribution in [0.4, 0.5) is 0 Å². The first kappa shape index (κ1) is 14.3. The first-order valence-electron chi connectivity index (χ1n) is 7.46. The molecular weight excluding hydrogens is 226 g/mol. The van der Waals surface area contributed by atoms with Gasteiger partial charge in [0.2, 0.25) is 0 Å². The Morgan fingerprint density at radius 3 is 2.72 bits per heavy atom. The molecule has 2 rings (SSSR count). The molecule has 3 nitrogen and oxygen atoms in total. The molecule has 0 radical (unpaired) electrons. The van der Waals surface area contributed by atoms with E-state index in [9.17, 15) is 0 Å². The molecule has 3 unspecified atom stereocenters. The zero-order chi connectivity index (χ0) is 13.2. The van der Waals surface area contributed by atoms with E-state index >= 15 is 0 Å². The summed E-state index contributed by atoms with van der Waals surface area (Å²) >= 11 is 0. The Kier molecular flexibility index (Phi) is 4.68. The summed E-state index contributed by atoms with van der Waals surface area (Å²) in [4.78, 5) is 0. The summed E-state index contributed by atoms with van der Waals surface area (Å²) in [7, 11) is 0. The molecule has 0 amide bonds. The van der Waals surface area contributed by atoms with E-state index in [1.165, 1.54) is 12.8 Å². The lowest BCUT2D eigenvalue weighted by molar-refractivity contribution is -0.125. The van der Waals surface area contributed by atoms with Crippen molar-refractivity contribution in [2.45, 2.75) is 65.2 Å². The van der Waals surface area contributed by atoms with Crippen LogP contribution in [-0.4, -0.2) is 38.0 Å². The molecule has 1 saturated heterocycles. The van der Waals surface area contributed by atoms with E-state index < -0.39 is 0 Å². The fraction of sp³-hybridized carbons (Fsp3) is 1.00. The smallest absolute Gasteiger partial charge is 0.0700 e. The lowest BCUT2D eigenvalue weighted by Crippen LogP contribution is -2.61. The average molecular weight is 255 g/mol. The zero-order valence-electron chi connectivity index (χ0n) is 12.4. The van der Waals surface area contributed by atoms with Gasteiger partial charge in [-0.3, -0.25) is 0 Å². The summed E-state index contributed by atoms with van der Waals surface area (Å²) in [6.45, 7) is 11.9. The Labute approximate surface area is 112 Å². The molecule has 18 heavy (non-hydrogen) atoms. The minimum atomic E-state index is 0.257. The Bertz CT molecular complexity index is 259. The Balaban J connectivity index is 1.69. The minimum Gasteiger partial charge on any atom is -0.377 e. The highest BCUT2D eigenvalue weighted by molar-refractivity contribution is 5.03. The summed E-state index contributed by atoms with van der Waals surface area (Å²) in [6, 6.07) is 0.582. The summed E-state index contributed by atoms with van der Waals surface area (Å²) in [6.07, 6.45) is 4.44. The van der Waals surface area contributed by atoms with Crippen molar-refractivity contribution < 1.29 is 9.47 Å². The van der Waals surface area contributed by atoms with Gasteiger partial charge in [-0.15, -0.1) is 0 Å². The summed E-state index contributed by atoms with van der Waals surface area (Å²) < 4.78 is 11.6. The molecule has 3 atom stereocenters. The normalized spacial score (nSPS) is 34.8. The van der Waals surface area contributed by atoms with Crippen LogP contribution in [0.2, 0.25) is 0 Å². The van der Waals surface area contributed by atoms with Crippen LogP contribution in [0.1, 0.15) is 47.0 Å². The van der Waals surface area contributed by atoms with Crippen molar-refractivity contribution in [2.24, 2.45) is 11.3 Å². The number of hydrogen-bond acceptors (Lipinski definition) is 3. The van der Waals surface area contributed by atoms with E-state index in [0.29, 0.717) is 24.2 Å². The van der Waals surface area contributed by atoms with Crippen molar-refractivity contribution in [1.82, 2.24) is 5.32 Å². The highest BCUT2D eigenvalue weighted by atomic mass is 16.5. The molecule has 0 bridgehead atoms. The number of nitrogens with one attached hydrogen (secondary N) is 1. The molecule has 1 aliphatic heterocycles. The van der Waals surface area contributed by atoms with E-state index in [4.69, 9.17) is 9.47 Å². The van der Waals surface area contributed by atoms with Crippen LogP contribution in [0.25, 0.3) is 0 Å². The van der Waals surface area contributed by atoms with E-state index in [1.54, 1.807) is 0 Å².